The number of piperidine rings is 1. The van der Waals surface area contributed by atoms with Gasteiger partial charge in [-0.1, -0.05) is 30.3 Å². The molecule has 0 bridgehead atoms. The number of ether oxygens (including phenoxy) is 2. The van der Waals surface area contributed by atoms with Crippen molar-refractivity contribution in [2.24, 2.45) is 0 Å². The topological polar surface area (TPSA) is 118 Å². The smallest absolute Gasteiger partial charge is 0.323 e. The van der Waals surface area contributed by atoms with Crippen LogP contribution < -0.4 is 30.7 Å². The second-order valence-electron chi connectivity index (χ2n) is 9.54. The number of Topliss-reactive ketones (excluding diaryl/α,β-unsaturated/α-hetero) is 1. The number of carbonyl (C=O) groups excluding carboxylic acids is 3. The largest absolute Gasteiger partial charge is 0.486 e. The van der Waals surface area contributed by atoms with Gasteiger partial charge in [0.25, 0.3) is 0 Å². The molecule has 1 heterocycles. The van der Waals surface area contributed by atoms with Gasteiger partial charge in [0.2, 0.25) is 5.91 Å². The molecule has 4 rings (SSSR count). The molecule has 1 aliphatic heterocycles. The second-order valence-corrected chi connectivity index (χ2v) is 9.54. The Labute approximate surface area is 228 Å². The van der Waals surface area contributed by atoms with Crippen LogP contribution in [-0.4, -0.2) is 43.5 Å². The Balaban J connectivity index is 1.33. The predicted molar refractivity (Wildman–Crippen MR) is 152 cm³/mol. The fourth-order valence-corrected chi connectivity index (χ4v) is 4.16. The van der Waals surface area contributed by atoms with Crippen molar-refractivity contribution in [2.75, 3.05) is 35.6 Å². The standard InChI is InChI=1S/C30H34N4O5/c1-20-5-3-4-6-26(20)34-30(37)33-23-9-7-22(8-10-23)17-29(36)32-24-11-12-27(28(18-24)38-19-21(2)35)39-25-13-15-31-16-14-25/h3-12,18,25,31H,13-17,19H2,1-2H3,(H,32,36)(H2,33,34,37). The van der Waals surface area contributed by atoms with E-state index in [0.29, 0.717) is 22.9 Å². The van der Waals surface area contributed by atoms with E-state index >= 15 is 0 Å². The lowest BCUT2D eigenvalue weighted by Crippen LogP contribution is -2.34. The minimum atomic E-state index is -0.342. The normalized spacial score (nSPS) is 13.3. The summed E-state index contributed by atoms with van der Waals surface area (Å²) in [6.07, 6.45) is 1.98. The summed E-state index contributed by atoms with van der Waals surface area (Å²) in [6.45, 7) is 5.08. The number of benzene rings is 3. The molecule has 9 heteroatoms. The highest BCUT2D eigenvalue weighted by molar-refractivity contribution is 6.00. The highest BCUT2D eigenvalue weighted by Crippen LogP contribution is 2.32. The maximum Gasteiger partial charge on any atom is 0.323 e. The van der Waals surface area contributed by atoms with Crippen molar-refractivity contribution in [3.63, 3.8) is 0 Å². The Morgan fingerprint density at radius 3 is 2.31 bits per heavy atom. The molecule has 39 heavy (non-hydrogen) atoms. The first kappa shape index (κ1) is 27.7. The Morgan fingerprint density at radius 1 is 0.872 bits per heavy atom. The summed E-state index contributed by atoms with van der Waals surface area (Å²) < 4.78 is 11.8. The molecule has 0 spiro atoms. The van der Waals surface area contributed by atoms with E-state index in [9.17, 15) is 14.4 Å². The van der Waals surface area contributed by atoms with Gasteiger partial charge in [0.15, 0.2) is 17.3 Å². The number of amides is 3. The van der Waals surface area contributed by atoms with E-state index in [-0.39, 0.29) is 36.9 Å². The number of para-hydroxylation sites is 1. The number of hydrogen-bond acceptors (Lipinski definition) is 6. The minimum absolute atomic E-state index is 0.0670. The number of hydrogen-bond donors (Lipinski definition) is 4. The van der Waals surface area contributed by atoms with Crippen molar-refractivity contribution in [1.29, 1.82) is 0 Å². The van der Waals surface area contributed by atoms with Crippen LogP contribution in [0.2, 0.25) is 0 Å². The molecule has 0 aliphatic carbocycles. The lowest BCUT2D eigenvalue weighted by atomic mass is 10.1. The predicted octanol–water partition coefficient (Wildman–Crippen LogP) is 4.92. The van der Waals surface area contributed by atoms with Gasteiger partial charge in [-0.3, -0.25) is 9.59 Å². The second kappa shape index (κ2) is 13.4. The summed E-state index contributed by atoms with van der Waals surface area (Å²) in [7, 11) is 0. The van der Waals surface area contributed by atoms with Crippen molar-refractivity contribution >= 4 is 34.8 Å². The number of nitrogens with one attached hydrogen (secondary N) is 4. The van der Waals surface area contributed by atoms with E-state index in [2.05, 4.69) is 21.3 Å². The van der Waals surface area contributed by atoms with Crippen LogP contribution in [0.5, 0.6) is 11.5 Å². The first-order chi connectivity index (χ1) is 18.9. The molecule has 0 unspecified atom stereocenters. The highest BCUT2D eigenvalue weighted by atomic mass is 16.5. The van der Waals surface area contributed by atoms with Crippen LogP contribution >= 0.6 is 0 Å². The number of aryl methyl sites for hydroxylation is 1. The Bertz CT molecular complexity index is 1300. The van der Waals surface area contributed by atoms with Gasteiger partial charge >= 0.3 is 6.03 Å². The molecule has 9 nitrogen and oxygen atoms in total. The summed E-state index contributed by atoms with van der Waals surface area (Å²) in [5.74, 6) is 0.650. The van der Waals surface area contributed by atoms with E-state index in [4.69, 9.17) is 9.47 Å². The van der Waals surface area contributed by atoms with Gasteiger partial charge < -0.3 is 30.7 Å². The summed E-state index contributed by atoms with van der Waals surface area (Å²) >= 11 is 0. The van der Waals surface area contributed by atoms with Crippen LogP contribution in [0.4, 0.5) is 21.9 Å². The zero-order valence-electron chi connectivity index (χ0n) is 22.2. The lowest BCUT2D eigenvalue weighted by molar-refractivity contribution is -0.119. The molecule has 1 aliphatic rings. The van der Waals surface area contributed by atoms with E-state index in [1.54, 1.807) is 42.5 Å². The van der Waals surface area contributed by atoms with Crippen LogP contribution in [0.15, 0.2) is 66.7 Å². The van der Waals surface area contributed by atoms with Gasteiger partial charge in [0, 0.05) is 23.1 Å². The third-order valence-corrected chi connectivity index (χ3v) is 6.21. The molecule has 3 aromatic carbocycles. The van der Waals surface area contributed by atoms with E-state index < -0.39 is 0 Å². The third kappa shape index (κ3) is 8.58. The van der Waals surface area contributed by atoms with Crippen molar-refractivity contribution < 1.29 is 23.9 Å². The third-order valence-electron chi connectivity index (χ3n) is 6.21. The summed E-state index contributed by atoms with van der Waals surface area (Å²) in [5.41, 5.74) is 3.65. The average molecular weight is 531 g/mol. The SMILES string of the molecule is CC(=O)COc1cc(NC(=O)Cc2ccc(NC(=O)Nc3ccccc3C)cc2)ccc1OC1CCNCC1. The maximum atomic E-state index is 12.7. The van der Waals surface area contributed by atoms with Gasteiger partial charge in [-0.25, -0.2) is 4.79 Å². The zero-order valence-corrected chi connectivity index (χ0v) is 22.2. The van der Waals surface area contributed by atoms with Crippen LogP contribution in [0.25, 0.3) is 0 Å². The summed E-state index contributed by atoms with van der Waals surface area (Å²) in [4.78, 5) is 36.5. The van der Waals surface area contributed by atoms with Crippen LogP contribution in [0.3, 0.4) is 0 Å². The van der Waals surface area contributed by atoms with Crippen molar-refractivity contribution in [3.8, 4) is 11.5 Å². The fourth-order valence-electron chi connectivity index (χ4n) is 4.16. The summed E-state index contributed by atoms with van der Waals surface area (Å²) in [5, 5.41) is 11.8. The minimum Gasteiger partial charge on any atom is -0.486 e. The molecule has 3 amide bonds. The van der Waals surface area contributed by atoms with Crippen LogP contribution in [0.1, 0.15) is 30.9 Å². The van der Waals surface area contributed by atoms with Gasteiger partial charge in [0.1, 0.15) is 12.7 Å². The van der Waals surface area contributed by atoms with E-state index in [0.717, 1.165) is 42.7 Å². The van der Waals surface area contributed by atoms with Gasteiger partial charge in [0.05, 0.1) is 6.42 Å². The molecule has 1 fully saturated rings. The number of rotatable bonds is 10. The molecule has 0 radical (unpaired) electrons. The first-order valence-corrected chi connectivity index (χ1v) is 13.0. The van der Waals surface area contributed by atoms with Gasteiger partial charge in [-0.05, 0) is 81.2 Å². The molecule has 4 N–H and O–H groups in total. The van der Waals surface area contributed by atoms with Gasteiger partial charge in [-0.15, -0.1) is 0 Å². The van der Waals surface area contributed by atoms with Crippen molar-refractivity contribution in [2.45, 2.75) is 39.2 Å². The van der Waals surface area contributed by atoms with Gasteiger partial charge in [-0.2, -0.15) is 0 Å². The van der Waals surface area contributed by atoms with Crippen LogP contribution in [0, 0.1) is 6.92 Å². The molecule has 1 saturated heterocycles. The highest BCUT2D eigenvalue weighted by Gasteiger charge is 2.18. The molecule has 3 aromatic rings. The number of ketones is 1. The maximum absolute atomic E-state index is 12.7. The molecule has 0 aromatic heterocycles. The Morgan fingerprint density at radius 2 is 1.59 bits per heavy atom. The zero-order chi connectivity index (χ0) is 27.6. The average Bonchev–Trinajstić information content (AvgIpc) is 2.91. The van der Waals surface area contributed by atoms with Crippen molar-refractivity contribution in [1.82, 2.24) is 5.32 Å². The molecular formula is C30H34N4O5. The Kier molecular flexibility index (Phi) is 9.53. The Hall–Kier alpha value is -4.37. The number of urea groups is 1. The van der Waals surface area contributed by atoms with E-state index in [1.807, 2.05) is 31.2 Å². The quantitative estimate of drug-likeness (QED) is 0.296. The van der Waals surface area contributed by atoms with E-state index in [1.165, 1.54) is 6.92 Å². The first-order valence-electron chi connectivity index (χ1n) is 13.0. The molecule has 0 atom stereocenters. The van der Waals surface area contributed by atoms with Crippen LogP contribution in [-0.2, 0) is 16.0 Å². The molecule has 204 valence electrons. The number of carbonyl (C=O) groups is 3. The number of anilines is 3. The fraction of sp³-hybridized carbons (Fsp3) is 0.300. The molecule has 0 saturated carbocycles. The summed E-state index contributed by atoms with van der Waals surface area (Å²) in [6, 6.07) is 19.5. The van der Waals surface area contributed by atoms with Crippen molar-refractivity contribution in [3.05, 3.63) is 77.9 Å². The molecular weight excluding hydrogens is 496 g/mol. The lowest BCUT2D eigenvalue weighted by Gasteiger charge is -2.25. The monoisotopic (exact) mass is 530 g/mol.